The lowest BCUT2D eigenvalue weighted by Crippen LogP contribution is -2.54. The van der Waals surface area contributed by atoms with Crippen molar-refractivity contribution in [3.63, 3.8) is 0 Å². The number of hydrogen-bond donors (Lipinski definition) is 2. The van der Waals surface area contributed by atoms with Gasteiger partial charge in [-0.2, -0.15) is 0 Å². The highest BCUT2D eigenvalue weighted by Gasteiger charge is 2.29. The highest BCUT2D eigenvalue weighted by molar-refractivity contribution is 5.84. The van der Waals surface area contributed by atoms with Crippen molar-refractivity contribution in [1.29, 1.82) is 0 Å². The van der Waals surface area contributed by atoms with E-state index in [2.05, 4.69) is 17.1 Å². The molecule has 5 heteroatoms. The number of carbonyl (C=O) groups excluding carboxylic acids is 1. The maximum Gasteiger partial charge on any atom is 0.237 e. The summed E-state index contributed by atoms with van der Waals surface area (Å²) in [5.74, 6) is -0.283. The summed E-state index contributed by atoms with van der Waals surface area (Å²) in [5.41, 5.74) is 4.86. The van der Waals surface area contributed by atoms with Crippen LogP contribution in [-0.4, -0.2) is 56.2 Å². The Balaban J connectivity index is 4.06. The Kier molecular flexibility index (Phi) is 8.97. The maximum atomic E-state index is 11.5. The SMILES string of the molecule is CCCNC(C)(CCN(C)CCOCC)C(N)=O. The molecule has 0 rings (SSSR count). The topological polar surface area (TPSA) is 67.6 Å². The number of ether oxygens (including phenoxy) is 1. The molecule has 108 valence electrons. The number of hydrogen-bond acceptors (Lipinski definition) is 4. The standard InChI is InChI=1S/C13H29N3O2/c1-5-8-15-13(3,12(14)17)7-9-16(4)10-11-18-6-2/h15H,5-11H2,1-4H3,(H2,14,17). The maximum absolute atomic E-state index is 11.5. The fraction of sp³-hybridized carbons (Fsp3) is 0.923. The van der Waals surface area contributed by atoms with Gasteiger partial charge in [-0.1, -0.05) is 6.92 Å². The van der Waals surface area contributed by atoms with E-state index in [0.717, 1.165) is 39.3 Å². The molecule has 3 N–H and O–H groups in total. The van der Waals surface area contributed by atoms with Crippen LogP contribution in [0.4, 0.5) is 0 Å². The van der Waals surface area contributed by atoms with Crippen molar-refractivity contribution in [1.82, 2.24) is 10.2 Å². The predicted octanol–water partition coefficient (Wildman–Crippen LogP) is 0.588. The van der Waals surface area contributed by atoms with Gasteiger partial charge in [-0.25, -0.2) is 0 Å². The number of nitrogens with two attached hydrogens (primary N) is 1. The number of likely N-dealkylation sites (N-methyl/N-ethyl adjacent to an activating group) is 1. The molecule has 0 saturated heterocycles. The van der Waals surface area contributed by atoms with Gasteiger partial charge in [0.2, 0.25) is 5.91 Å². The van der Waals surface area contributed by atoms with Crippen LogP contribution in [0, 0.1) is 0 Å². The molecular formula is C13H29N3O2. The van der Waals surface area contributed by atoms with E-state index in [-0.39, 0.29) is 5.91 Å². The molecule has 1 unspecified atom stereocenters. The quantitative estimate of drug-likeness (QED) is 0.533. The third-order valence-corrected chi connectivity index (χ3v) is 3.12. The second-order valence-electron chi connectivity index (χ2n) is 4.87. The lowest BCUT2D eigenvalue weighted by atomic mass is 9.96. The van der Waals surface area contributed by atoms with Crippen molar-refractivity contribution in [2.24, 2.45) is 5.73 Å². The van der Waals surface area contributed by atoms with E-state index in [4.69, 9.17) is 10.5 Å². The summed E-state index contributed by atoms with van der Waals surface area (Å²) in [4.78, 5) is 13.7. The molecule has 0 heterocycles. The van der Waals surface area contributed by atoms with Gasteiger partial charge in [-0.3, -0.25) is 4.79 Å². The molecule has 0 fully saturated rings. The van der Waals surface area contributed by atoms with Crippen LogP contribution < -0.4 is 11.1 Å². The first kappa shape index (κ1) is 17.4. The summed E-state index contributed by atoms with van der Waals surface area (Å²) in [6.07, 6.45) is 1.70. The molecule has 0 aromatic heterocycles. The Bertz CT molecular complexity index is 236. The van der Waals surface area contributed by atoms with Gasteiger partial charge in [0.05, 0.1) is 12.1 Å². The summed E-state index contributed by atoms with van der Waals surface area (Å²) < 4.78 is 5.30. The smallest absolute Gasteiger partial charge is 0.237 e. The lowest BCUT2D eigenvalue weighted by molar-refractivity contribution is -0.124. The van der Waals surface area contributed by atoms with Gasteiger partial charge < -0.3 is 20.7 Å². The van der Waals surface area contributed by atoms with E-state index < -0.39 is 5.54 Å². The second-order valence-corrected chi connectivity index (χ2v) is 4.87. The summed E-state index contributed by atoms with van der Waals surface area (Å²) in [5, 5.41) is 3.24. The van der Waals surface area contributed by atoms with E-state index in [9.17, 15) is 4.79 Å². The zero-order valence-electron chi connectivity index (χ0n) is 12.3. The first-order chi connectivity index (χ1) is 8.46. The number of rotatable bonds is 11. The first-order valence-corrected chi connectivity index (χ1v) is 6.77. The van der Waals surface area contributed by atoms with Crippen LogP contribution in [0.5, 0.6) is 0 Å². The number of amides is 1. The van der Waals surface area contributed by atoms with Gasteiger partial charge in [0.25, 0.3) is 0 Å². The minimum Gasteiger partial charge on any atom is -0.380 e. The van der Waals surface area contributed by atoms with Gasteiger partial charge in [0.15, 0.2) is 0 Å². The Labute approximate surface area is 111 Å². The Morgan fingerprint density at radius 1 is 1.39 bits per heavy atom. The highest BCUT2D eigenvalue weighted by Crippen LogP contribution is 2.09. The van der Waals surface area contributed by atoms with Gasteiger partial charge in [-0.05, 0) is 40.3 Å². The van der Waals surface area contributed by atoms with E-state index >= 15 is 0 Å². The van der Waals surface area contributed by atoms with Crippen LogP contribution in [0.1, 0.15) is 33.6 Å². The van der Waals surface area contributed by atoms with Gasteiger partial charge in [0.1, 0.15) is 0 Å². The molecule has 5 nitrogen and oxygen atoms in total. The van der Waals surface area contributed by atoms with Gasteiger partial charge in [-0.15, -0.1) is 0 Å². The van der Waals surface area contributed by atoms with Crippen LogP contribution in [0.2, 0.25) is 0 Å². The number of primary amides is 1. The van der Waals surface area contributed by atoms with E-state index in [1.54, 1.807) is 0 Å². The molecule has 0 aromatic rings. The van der Waals surface area contributed by atoms with Crippen molar-refractivity contribution in [3.8, 4) is 0 Å². The molecule has 0 bridgehead atoms. The Hall–Kier alpha value is -0.650. The number of carbonyl (C=O) groups is 1. The fourth-order valence-electron chi connectivity index (χ4n) is 1.59. The third kappa shape index (κ3) is 6.93. The molecule has 0 aromatic carbocycles. The van der Waals surface area contributed by atoms with Crippen LogP contribution in [0.15, 0.2) is 0 Å². The summed E-state index contributed by atoms with van der Waals surface area (Å²) >= 11 is 0. The minimum atomic E-state index is -0.615. The minimum absolute atomic E-state index is 0.283. The monoisotopic (exact) mass is 259 g/mol. The normalized spacial score (nSPS) is 14.7. The number of nitrogens with zero attached hydrogens (tertiary/aromatic N) is 1. The van der Waals surface area contributed by atoms with Crippen molar-refractivity contribution in [3.05, 3.63) is 0 Å². The van der Waals surface area contributed by atoms with Crippen LogP contribution >= 0.6 is 0 Å². The summed E-state index contributed by atoms with van der Waals surface area (Å²) in [6.45, 7) is 9.90. The molecule has 0 aliphatic rings. The molecule has 0 saturated carbocycles. The van der Waals surface area contributed by atoms with Crippen LogP contribution in [0.25, 0.3) is 0 Å². The zero-order chi connectivity index (χ0) is 14.0. The van der Waals surface area contributed by atoms with Gasteiger partial charge >= 0.3 is 0 Å². The van der Waals surface area contributed by atoms with Crippen LogP contribution in [-0.2, 0) is 9.53 Å². The van der Waals surface area contributed by atoms with Crippen molar-refractivity contribution in [2.75, 3.05) is 39.9 Å². The van der Waals surface area contributed by atoms with Gasteiger partial charge in [0, 0.05) is 19.7 Å². The van der Waals surface area contributed by atoms with Crippen LogP contribution in [0.3, 0.4) is 0 Å². The van der Waals surface area contributed by atoms with Crippen molar-refractivity contribution < 1.29 is 9.53 Å². The Morgan fingerprint density at radius 3 is 2.56 bits per heavy atom. The van der Waals surface area contributed by atoms with E-state index in [0.29, 0.717) is 6.42 Å². The largest absolute Gasteiger partial charge is 0.380 e. The molecule has 0 aliphatic heterocycles. The highest BCUT2D eigenvalue weighted by atomic mass is 16.5. The average molecular weight is 259 g/mol. The predicted molar refractivity (Wildman–Crippen MR) is 74.5 cm³/mol. The van der Waals surface area contributed by atoms with E-state index in [1.165, 1.54) is 0 Å². The third-order valence-electron chi connectivity index (χ3n) is 3.12. The zero-order valence-corrected chi connectivity index (χ0v) is 12.3. The molecular weight excluding hydrogens is 230 g/mol. The molecule has 18 heavy (non-hydrogen) atoms. The molecule has 1 atom stereocenters. The summed E-state index contributed by atoms with van der Waals surface area (Å²) in [7, 11) is 2.03. The number of nitrogens with one attached hydrogen (secondary N) is 1. The van der Waals surface area contributed by atoms with Crippen molar-refractivity contribution in [2.45, 2.75) is 39.2 Å². The lowest BCUT2D eigenvalue weighted by Gasteiger charge is -2.29. The summed E-state index contributed by atoms with van der Waals surface area (Å²) in [6, 6.07) is 0. The molecule has 0 aliphatic carbocycles. The molecule has 0 radical (unpaired) electrons. The van der Waals surface area contributed by atoms with E-state index in [1.807, 2.05) is 20.9 Å². The molecule has 1 amide bonds. The Morgan fingerprint density at radius 2 is 2.06 bits per heavy atom. The second kappa shape index (κ2) is 9.30. The van der Waals surface area contributed by atoms with Crippen molar-refractivity contribution >= 4 is 5.91 Å². The molecule has 0 spiro atoms. The fourth-order valence-corrected chi connectivity index (χ4v) is 1.59. The first-order valence-electron chi connectivity index (χ1n) is 6.77. The average Bonchev–Trinajstić information content (AvgIpc) is 2.34.